The summed E-state index contributed by atoms with van der Waals surface area (Å²) < 4.78 is 18.6. The van der Waals surface area contributed by atoms with Crippen LogP contribution in [0, 0.1) is 5.82 Å². The Morgan fingerprint density at radius 3 is 2.48 bits per heavy atom. The number of thioether (sulfide) groups is 1. The zero-order chi connectivity index (χ0) is 19.4. The number of amides is 1. The third-order valence-electron chi connectivity index (χ3n) is 4.20. The molecule has 1 aliphatic heterocycles. The molecule has 1 aliphatic rings. The number of esters is 1. The normalized spacial score (nSPS) is 19.1. The molecule has 0 radical (unpaired) electrons. The van der Waals surface area contributed by atoms with Gasteiger partial charge >= 0.3 is 5.97 Å². The molecule has 27 heavy (non-hydrogen) atoms. The SMILES string of the molecule is CCCOC(=O)C1CSC(c2ccc(F)cc2)N1C(=O)c1ccc(Cl)cc1. The van der Waals surface area contributed by atoms with Crippen molar-refractivity contribution >= 4 is 35.2 Å². The van der Waals surface area contributed by atoms with Gasteiger partial charge in [0, 0.05) is 16.3 Å². The molecule has 4 nitrogen and oxygen atoms in total. The number of benzene rings is 2. The van der Waals surface area contributed by atoms with E-state index < -0.39 is 17.4 Å². The molecule has 142 valence electrons. The summed E-state index contributed by atoms with van der Waals surface area (Å²) in [7, 11) is 0. The van der Waals surface area contributed by atoms with Crippen LogP contribution in [0.5, 0.6) is 0 Å². The molecule has 2 aromatic rings. The van der Waals surface area contributed by atoms with Crippen LogP contribution in [0.4, 0.5) is 4.39 Å². The van der Waals surface area contributed by atoms with Gasteiger partial charge in [-0.15, -0.1) is 11.8 Å². The third-order valence-corrected chi connectivity index (χ3v) is 5.78. The lowest BCUT2D eigenvalue weighted by Crippen LogP contribution is -2.44. The summed E-state index contributed by atoms with van der Waals surface area (Å²) in [6.07, 6.45) is 0.706. The smallest absolute Gasteiger partial charge is 0.329 e. The molecule has 0 aromatic heterocycles. The van der Waals surface area contributed by atoms with Gasteiger partial charge in [-0.05, 0) is 48.4 Å². The van der Waals surface area contributed by atoms with Gasteiger partial charge in [-0.2, -0.15) is 0 Å². The molecule has 3 rings (SSSR count). The van der Waals surface area contributed by atoms with Crippen molar-refractivity contribution in [3.63, 3.8) is 0 Å². The first kappa shape index (κ1) is 19.7. The monoisotopic (exact) mass is 407 g/mol. The molecule has 0 aliphatic carbocycles. The number of ether oxygens (including phenoxy) is 1. The van der Waals surface area contributed by atoms with E-state index in [1.54, 1.807) is 36.4 Å². The Balaban J connectivity index is 1.93. The van der Waals surface area contributed by atoms with E-state index >= 15 is 0 Å². The number of carbonyl (C=O) groups is 2. The zero-order valence-electron chi connectivity index (χ0n) is 14.7. The minimum absolute atomic E-state index is 0.288. The van der Waals surface area contributed by atoms with Crippen molar-refractivity contribution in [3.8, 4) is 0 Å². The Kier molecular flexibility index (Phi) is 6.39. The van der Waals surface area contributed by atoms with Crippen LogP contribution >= 0.6 is 23.4 Å². The van der Waals surface area contributed by atoms with Gasteiger partial charge in [0.15, 0.2) is 0 Å². The summed E-state index contributed by atoms with van der Waals surface area (Å²) in [4.78, 5) is 27.2. The first-order valence-electron chi connectivity index (χ1n) is 8.63. The van der Waals surface area contributed by atoms with E-state index in [2.05, 4.69) is 0 Å². The highest BCUT2D eigenvalue weighted by molar-refractivity contribution is 7.99. The highest BCUT2D eigenvalue weighted by Crippen LogP contribution is 2.42. The van der Waals surface area contributed by atoms with Gasteiger partial charge in [-0.1, -0.05) is 30.7 Å². The van der Waals surface area contributed by atoms with Gasteiger partial charge in [-0.3, -0.25) is 4.79 Å². The Bertz CT molecular complexity index is 813. The number of rotatable bonds is 5. The van der Waals surface area contributed by atoms with E-state index in [1.165, 1.54) is 28.8 Å². The first-order chi connectivity index (χ1) is 13.0. The van der Waals surface area contributed by atoms with E-state index in [-0.39, 0.29) is 11.7 Å². The zero-order valence-corrected chi connectivity index (χ0v) is 16.3. The predicted molar refractivity (Wildman–Crippen MR) is 104 cm³/mol. The minimum Gasteiger partial charge on any atom is -0.464 e. The van der Waals surface area contributed by atoms with Crippen LogP contribution in [0.1, 0.15) is 34.6 Å². The Morgan fingerprint density at radius 2 is 1.85 bits per heavy atom. The third kappa shape index (κ3) is 4.45. The molecule has 1 heterocycles. The summed E-state index contributed by atoms with van der Waals surface area (Å²) in [5, 5.41) is 0.129. The number of hydrogen-bond acceptors (Lipinski definition) is 4. The van der Waals surface area contributed by atoms with Crippen LogP contribution in [-0.2, 0) is 9.53 Å². The van der Waals surface area contributed by atoms with E-state index in [4.69, 9.17) is 16.3 Å². The summed E-state index contributed by atoms with van der Waals surface area (Å²) in [6, 6.07) is 11.8. The molecule has 2 aromatic carbocycles. The van der Waals surface area contributed by atoms with E-state index in [0.29, 0.717) is 29.4 Å². The molecular weight excluding hydrogens is 389 g/mol. The molecule has 0 N–H and O–H groups in total. The highest BCUT2D eigenvalue weighted by atomic mass is 35.5. The molecule has 7 heteroatoms. The van der Waals surface area contributed by atoms with Crippen molar-refractivity contribution in [2.24, 2.45) is 0 Å². The van der Waals surface area contributed by atoms with Crippen LogP contribution in [-0.4, -0.2) is 35.2 Å². The molecule has 2 atom stereocenters. The Hall–Kier alpha value is -2.05. The number of nitrogens with zero attached hydrogens (tertiary/aromatic N) is 1. The summed E-state index contributed by atoms with van der Waals surface area (Å²) >= 11 is 7.37. The van der Waals surface area contributed by atoms with Crippen molar-refractivity contribution in [1.82, 2.24) is 4.90 Å². The summed E-state index contributed by atoms with van der Waals surface area (Å²) in [6.45, 7) is 2.22. The lowest BCUT2D eigenvalue weighted by atomic mass is 10.1. The molecular formula is C20H19ClFNO3S. The Morgan fingerprint density at radius 1 is 1.19 bits per heavy atom. The summed E-state index contributed by atoms with van der Waals surface area (Å²) in [5.74, 6) is -0.638. The van der Waals surface area contributed by atoms with Gasteiger partial charge in [0.1, 0.15) is 17.2 Å². The lowest BCUT2D eigenvalue weighted by molar-refractivity contribution is -0.148. The number of carbonyl (C=O) groups excluding carboxylic acids is 2. The fourth-order valence-electron chi connectivity index (χ4n) is 2.86. The van der Waals surface area contributed by atoms with Crippen LogP contribution in [0.3, 0.4) is 0 Å². The number of halogens is 2. The first-order valence-corrected chi connectivity index (χ1v) is 10.1. The van der Waals surface area contributed by atoms with E-state index in [9.17, 15) is 14.0 Å². The topological polar surface area (TPSA) is 46.6 Å². The molecule has 2 unspecified atom stereocenters. The van der Waals surface area contributed by atoms with Gasteiger partial charge in [0.05, 0.1) is 6.61 Å². The van der Waals surface area contributed by atoms with E-state index in [0.717, 1.165) is 5.56 Å². The van der Waals surface area contributed by atoms with Crippen LogP contribution in [0.2, 0.25) is 5.02 Å². The van der Waals surface area contributed by atoms with Crippen molar-refractivity contribution < 1.29 is 18.7 Å². The van der Waals surface area contributed by atoms with Crippen molar-refractivity contribution in [2.45, 2.75) is 24.8 Å². The maximum Gasteiger partial charge on any atom is 0.329 e. The second kappa shape index (κ2) is 8.76. The van der Waals surface area contributed by atoms with Crippen molar-refractivity contribution in [2.75, 3.05) is 12.4 Å². The standard InChI is InChI=1S/C20H19ClFNO3S/c1-2-11-26-20(25)17-12-27-19(14-5-9-16(22)10-6-14)23(17)18(24)13-3-7-15(21)8-4-13/h3-10,17,19H,2,11-12H2,1H3. The fourth-order valence-corrected chi connectivity index (χ4v) is 4.40. The molecule has 0 bridgehead atoms. The maximum atomic E-state index is 13.3. The van der Waals surface area contributed by atoms with Crippen molar-refractivity contribution in [1.29, 1.82) is 0 Å². The van der Waals surface area contributed by atoms with Gasteiger partial charge in [0.2, 0.25) is 0 Å². The van der Waals surface area contributed by atoms with Crippen molar-refractivity contribution in [3.05, 3.63) is 70.5 Å². The van der Waals surface area contributed by atoms with Crippen LogP contribution < -0.4 is 0 Å². The second-order valence-corrected chi connectivity index (χ2v) is 7.69. The lowest BCUT2D eigenvalue weighted by Gasteiger charge is -2.28. The van der Waals surface area contributed by atoms with Gasteiger partial charge < -0.3 is 9.64 Å². The van der Waals surface area contributed by atoms with Crippen LogP contribution in [0.25, 0.3) is 0 Å². The minimum atomic E-state index is -0.695. The largest absolute Gasteiger partial charge is 0.464 e. The van der Waals surface area contributed by atoms with Crippen LogP contribution in [0.15, 0.2) is 48.5 Å². The summed E-state index contributed by atoms with van der Waals surface area (Å²) in [5.41, 5.74) is 1.19. The molecule has 0 saturated carbocycles. The number of hydrogen-bond donors (Lipinski definition) is 0. The van der Waals surface area contributed by atoms with E-state index in [1.807, 2.05) is 6.92 Å². The highest BCUT2D eigenvalue weighted by Gasteiger charge is 2.43. The average Bonchev–Trinajstić information content (AvgIpc) is 3.12. The predicted octanol–water partition coefficient (Wildman–Crippen LogP) is 4.69. The van der Waals surface area contributed by atoms with Gasteiger partial charge in [0.25, 0.3) is 5.91 Å². The fraction of sp³-hybridized carbons (Fsp3) is 0.300. The van der Waals surface area contributed by atoms with Gasteiger partial charge in [-0.25, -0.2) is 9.18 Å². The molecule has 0 spiro atoms. The average molecular weight is 408 g/mol. The molecule has 1 fully saturated rings. The maximum absolute atomic E-state index is 13.3. The Labute approximate surface area is 166 Å². The molecule has 1 saturated heterocycles. The second-order valence-electron chi connectivity index (χ2n) is 6.14. The molecule has 1 amide bonds. The quantitative estimate of drug-likeness (QED) is 0.674.